The predicted molar refractivity (Wildman–Crippen MR) is 107 cm³/mol. The van der Waals surface area contributed by atoms with Crippen LogP contribution in [-0.2, 0) is 4.79 Å². The highest BCUT2D eigenvalue weighted by molar-refractivity contribution is 5.94. The van der Waals surface area contributed by atoms with Crippen LogP contribution in [0.5, 0.6) is 0 Å². The van der Waals surface area contributed by atoms with E-state index >= 15 is 0 Å². The number of likely N-dealkylation sites (tertiary alicyclic amines) is 1. The zero-order valence-corrected chi connectivity index (χ0v) is 17.0. The SMILES string of the molecule is O=C(NCCN1CCC2(CC1)C(=O)NCN2c1cncc(F)c1)c1cc(F)c(F)c(F)c1. The number of piperidine rings is 1. The number of nitrogens with one attached hydrogen (secondary N) is 2. The van der Waals surface area contributed by atoms with Gasteiger partial charge in [0.1, 0.15) is 11.4 Å². The maximum absolute atomic E-state index is 13.6. The molecule has 2 saturated heterocycles. The van der Waals surface area contributed by atoms with Gasteiger partial charge in [0.2, 0.25) is 5.91 Å². The molecule has 2 fully saturated rings. The van der Waals surface area contributed by atoms with E-state index in [4.69, 9.17) is 0 Å². The summed E-state index contributed by atoms with van der Waals surface area (Å²) in [5.41, 5.74) is -0.568. The Morgan fingerprint density at radius 3 is 2.44 bits per heavy atom. The molecule has 7 nitrogen and oxygen atoms in total. The Morgan fingerprint density at radius 1 is 1.09 bits per heavy atom. The predicted octanol–water partition coefficient (Wildman–Crippen LogP) is 1.80. The van der Waals surface area contributed by atoms with Gasteiger partial charge in [-0.15, -0.1) is 0 Å². The van der Waals surface area contributed by atoms with Gasteiger partial charge in [0.15, 0.2) is 17.5 Å². The number of benzene rings is 1. The molecule has 1 aromatic heterocycles. The molecular weight excluding hydrogens is 430 g/mol. The van der Waals surface area contributed by atoms with Crippen LogP contribution in [0.3, 0.4) is 0 Å². The highest BCUT2D eigenvalue weighted by atomic mass is 19.2. The number of pyridine rings is 1. The van der Waals surface area contributed by atoms with E-state index < -0.39 is 34.7 Å². The van der Waals surface area contributed by atoms with Crippen molar-refractivity contribution in [3.63, 3.8) is 0 Å². The van der Waals surface area contributed by atoms with Crippen molar-refractivity contribution < 1.29 is 27.2 Å². The lowest BCUT2D eigenvalue weighted by Gasteiger charge is -2.43. The summed E-state index contributed by atoms with van der Waals surface area (Å²) in [6.07, 6.45) is 3.62. The summed E-state index contributed by atoms with van der Waals surface area (Å²) >= 11 is 0. The lowest BCUT2D eigenvalue weighted by atomic mass is 9.85. The van der Waals surface area contributed by atoms with Crippen LogP contribution in [-0.4, -0.2) is 60.1 Å². The Kier molecular flexibility index (Phi) is 6.00. The molecule has 32 heavy (non-hydrogen) atoms. The first kappa shape index (κ1) is 22.0. The molecule has 0 atom stereocenters. The van der Waals surface area contributed by atoms with Crippen LogP contribution in [0.25, 0.3) is 0 Å². The quantitative estimate of drug-likeness (QED) is 0.536. The largest absolute Gasteiger partial charge is 0.351 e. The topological polar surface area (TPSA) is 77.6 Å². The Bertz CT molecular complexity index is 1020. The smallest absolute Gasteiger partial charge is 0.251 e. The molecule has 0 radical (unpaired) electrons. The summed E-state index contributed by atoms with van der Waals surface area (Å²) in [4.78, 5) is 32.5. The van der Waals surface area contributed by atoms with Gasteiger partial charge in [-0.3, -0.25) is 14.6 Å². The van der Waals surface area contributed by atoms with Gasteiger partial charge in [-0.05, 0) is 25.0 Å². The number of hydrogen-bond acceptors (Lipinski definition) is 5. The number of nitrogens with zero attached hydrogens (tertiary/aromatic N) is 3. The van der Waals surface area contributed by atoms with Gasteiger partial charge in [-0.25, -0.2) is 17.6 Å². The lowest BCUT2D eigenvalue weighted by molar-refractivity contribution is -0.125. The third-order valence-electron chi connectivity index (χ3n) is 5.98. The molecule has 1 aromatic carbocycles. The highest BCUT2D eigenvalue weighted by Crippen LogP contribution is 2.36. The fraction of sp³-hybridized carbons (Fsp3) is 0.381. The van der Waals surface area contributed by atoms with E-state index in [1.165, 1.54) is 12.3 Å². The maximum Gasteiger partial charge on any atom is 0.251 e. The fourth-order valence-corrected chi connectivity index (χ4v) is 4.24. The molecule has 2 N–H and O–H groups in total. The Morgan fingerprint density at radius 2 is 1.78 bits per heavy atom. The molecule has 2 aromatic rings. The van der Waals surface area contributed by atoms with Crippen LogP contribution in [0.4, 0.5) is 23.2 Å². The third-order valence-corrected chi connectivity index (χ3v) is 5.98. The summed E-state index contributed by atoms with van der Waals surface area (Å²) in [6.45, 7) is 2.04. The van der Waals surface area contributed by atoms with Crippen LogP contribution in [0.1, 0.15) is 23.2 Å². The first-order valence-corrected chi connectivity index (χ1v) is 10.1. The van der Waals surface area contributed by atoms with Gasteiger partial charge in [0.05, 0.1) is 24.7 Å². The minimum Gasteiger partial charge on any atom is -0.351 e. The van der Waals surface area contributed by atoms with Crippen molar-refractivity contribution in [3.05, 3.63) is 59.4 Å². The minimum absolute atomic E-state index is 0.116. The van der Waals surface area contributed by atoms with E-state index in [2.05, 4.69) is 15.6 Å². The first-order valence-electron chi connectivity index (χ1n) is 10.1. The Hall–Kier alpha value is -3.21. The average molecular weight is 451 g/mol. The molecule has 11 heteroatoms. The van der Waals surface area contributed by atoms with Gasteiger partial charge in [-0.2, -0.15) is 0 Å². The second-order valence-corrected chi connectivity index (χ2v) is 7.84. The molecule has 0 unspecified atom stereocenters. The van der Waals surface area contributed by atoms with Gasteiger partial charge in [-0.1, -0.05) is 0 Å². The molecule has 0 saturated carbocycles. The Labute approximate surface area is 181 Å². The van der Waals surface area contributed by atoms with Gasteiger partial charge in [0.25, 0.3) is 5.91 Å². The molecule has 1 spiro atoms. The number of aromatic nitrogens is 1. The molecule has 2 amide bonds. The molecule has 170 valence electrons. The zero-order chi connectivity index (χ0) is 22.9. The van der Waals surface area contributed by atoms with Crippen LogP contribution >= 0.6 is 0 Å². The summed E-state index contributed by atoms with van der Waals surface area (Å²) in [7, 11) is 0. The highest BCUT2D eigenvalue weighted by Gasteiger charge is 2.50. The summed E-state index contributed by atoms with van der Waals surface area (Å²) in [5.74, 6) is -5.78. The van der Waals surface area contributed by atoms with E-state index in [9.17, 15) is 27.2 Å². The number of rotatable bonds is 5. The molecule has 0 aliphatic carbocycles. The van der Waals surface area contributed by atoms with Crippen molar-refractivity contribution in [1.82, 2.24) is 20.5 Å². The molecular formula is C21H21F4N5O2. The van der Waals surface area contributed by atoms with Crippen molar-refractivity contribution in [2.24, 2.45) is 0 Å². The number of anilines is 1. The fourth-order valence-electron chi connectivity index (χ4n) is 4.24. The van der Waals surface area contributed by atoms with E-state index in [1.54, 1.807) is 0 Å². The maximum atomic E-state index is 13.6. The van der Waals surface area contributed by atoms with Crippen molar-refractivity contribution >= 4 is 17.5 Å². The van der Waals surface area contributed by atoms with Gasteiger partial charge in [0, 0.05) is 37.8 Å². The third kappa shape index (κ3) is 4.12. The van der Waals surface area contributed by atoms with Crippen molar-refractivity contribution in [2.75, 3.05) is 37.7 Å². The first-order chi connectivity index (χ1) is 15.3. The number of hydrogen-bond donors (Lipinski definition) is 2. The Balaban J connectivity index is 1.33. The average Bonchev–Trinajstić information content (AvgIpc) is 3.08. The molecule has 2 aliphatic rings. The van der Waals surface area contributed by atoms with Crippen LogP contribution in [0.2, 0.25) is 0 Å². The summed E-state index contributed by atoms with van der Waals surface area (Å²) in [6, 6.07) is 2.64. The number of halogens is 4. The van der Waals surface area contributed by atoms with Crippen molar-refractivity contribution in [3.8, 4) is 0 Å². The van der Waals surface area contributed by atoms with E-state index in [-0.39, 0.29) is 24.7 Å². The second kappa shape index (κ2) is 8.73. The summed E-state index contributed by atoms with van der Waals surface area (Å²) < 4.78 is 53.3. The normalized spacial score (nSPS) is 18.1. The number of carbonyl (C=O) groups excluding carboxylic acids is 2. The van der Waals surface area contributed by atoms with Crippen molar-refractivity contribution in [1.29, 1.82) is 0 Å². The summed E-state index contributed by atoms with van der Waals surface area (Å²) in [5, 5.41) is 5.38. The van der Waals surface area contributed by atoms with Crippen LogP contribution < -0.4 is 15.5 Å². The molecule has 3 heterocycles. The minimum atomic E-state index is -1.62. The van der Waals surface area contributed by atoms with Crippen LogP contribution in [0.15, 0.2) is 30.6 Å². The lowest BCUT2D eigenvalue weighted by Crippen LogP contribution is -2.57. The second-order valence-electron chi connectivity index (χ2n) is 7.84. The monoisotopic (exact) mass is 451 g/mol. The van der Waals surface area contributed by atoms with Crippen molar-refractivity contribution in [2.45, 2.75) is 18.4 Å². The number of carbonyl (C=O) groups is 2. The van der Waals surface area contributed by atoms with Gasteiger partial charge >= 0.3 is 0 Å². The van der Waals surface area contributed by atoms with Crippen LogP contribution in [0, 0.1) is 23.3 Å². The standard InChI is InChI=1S/C21H21F4N5O2/c22-14-9-15(11-26-10-14)30-12-28-20(32)21(30)1-4-29(5-2-21)6-3-27-19(31)13-7-16(23)18(25)17(24)8-13/h7-11H,1-6,12H2,(H,27,31)(H,28,32). The zero-order valence-electron chi connectivity index (χ0n) is 17.0. The van der Waals surface area contributed by atoms with E-state index in [1.807, 2.05) is 9.80 Å². The van der Waals surface area contributed by atoms with E-state index in [0.29, 0.717) is 50.3 Å². The number of amides is 2. The van der Waals surface area contributed by atoms with E-state index in [0.717, 1.165) is 6.20 Å². The molecule has 4 rings (SSSR count). The van der Waals surface area contributed by atoms with Gasteiger partial charge < -0.3 is 20.4 Å². The molecule has 0 bridgehead atoms. The molecule has 2 aliphatic heterocycles.